The highest BCUT2D eigenvalue weighted by atomic mass is 31.1. The van der Waals surface area contributed by atoms with Crippen molar-refractivity contribution >= 4 is 38.3 Å². The second-order valence-electron chi connectivity index (χ2n) is 12.6. The number of nitrogens with zero attached hydrogens (tertiary/aromatic N) is 2. The molecule has 2 aliphatic rings. The van der Waals surface area contributed by atoms with Crippen molar-refractivity contribution in [3.05, 3.63) is 24.3 Å². The van der Waals surface area contributed by atoms with Crippen LogP contribution in [-0.2, 0) is 9.59 Å². The fourth-order valence-corrected chi connectivity index (χ4v) is 12.8. The fourth-order valence-electron chi connectivity index (χ4n) is 5.78. The minimum absolute atomic E-state index is 0.275. The molecule has 2 amide bonds. The van der Waals surface area contributed by atoms with E-state index >= 15 is 0 Å². The molecule has 0 aromatic heterocycles. The van der Waals surface area contributed by atoms with Crippen LogP contribution in [0.4, 0.5) is 0 Å². The first-order valence-corrected chi connectivity index (χ1v) is 15.8. The molecule has 4 nitrogen and oxygen atoms in total. The molecule has 2 saturated heterocycles. The van der Waals surface area contributed by atoms with Crippen molar-refractivity contribution < 1.29 is 9.59 Å². The van der Waals surface area contributed by atoms with E-state index in [1.807, 2.05) is 41.5 Å². The van der Waals surface area contributed by atoms with Crippen molar-refractivity contribution in [2.24, 2.45) is 10.8 Å². The second-order valence-corrected chi connectivity index (χ2v) is 18.7. The Hall–Kier alpha value is -0.980. The van der Waals surface area contributed by atoms with Gasteiger partial charge in [-0.2, -0.15) is 0 Å². The molecular formula is C28H46N2O2P2. The maximum atomic E-state index is 13.0. The van der Waals surface area contributed by atoms with E-state index in [0.29, 0.717) is 22.6 Å². The SMILES string of the molecule is C[C@@H]1CN(C(=O)C(C)(C)C)C[C@@H](C)P1c1ccccc1P1[C@H](C)CN(C(=O)C(C)(C)C)C[C@H]1C. The van der Waals surface area contributed by atoms with Crippen molar-refractivity contribution in [3.8, 4) is 0 Å². The molecule has 0 unspecified atom stereocenters. The van der Waals surface area contributed by atoms with E-state index in [4.69, 9.17) is 0 Å². The monoisotopic (exact) mass is 504 g/mol. The Morgan fingerprint density at radius 1 is 0.647 bits per heavy atom. The Kier molecular flexibility index (Phi) is 8.26. The van der Waals surface area contributed by atoms with Crippen molar-refractivity contribution in [1.82, 2.24) is 9.80 Å². The van der Waals surface area contributed by atoms with E-state index in [0.717, 1.165) is 26.2 Å². The molecule has 2 fully saturated rings. The Labute approximate surface area is 210 Å². The first-order valence-electron chi connectivity index (χ1n) is 12.9. The van der Waals surface area contributed by atoms with Crippen LogP contribution in [0.25, 0.3) is 0 Å². The molecule has 0 N–H and O–H groups in total. The maximum absolute atomic E-state index is 13.0. The van der Waals surface area contributed by atoms with E-state index < -0.39 is 0 Å². The van der Waals surface area contributed by atoms with Crippen molar-refractivity contribution in [3.63, 3.8) is 0 Å². The molecular weight excluding hydrogens is 458 g/mol. The van der Waals surface area contributed by atoms with Crippen LogP contribution in [0.5, 0.6) is 0 Å². The van der Waals surface area contributed by atoms with Gasteiger partial charge in [-0.15, -0.1) is 0 Å². The van der Waals surface area contributed by atoms with Gasteiger partial charge in [0.2, 0.25) is 11.8 Å². The van der Waals surface area contributed by atoms with Crippen LogP contribution >= 0.6 is 15.8 Å². The number of rotatable bonds is 2. The lowest BCUT2D eigenvalue weighted by Crippen LogP contribution is -2.52. The van der Waals surface area contributed by atoms with Gasteiger partial charge in [0.15, 0.2) is 0 Å². The zero-order chi connectivity index (χ0) is 25.6. The lowest BCUT2D eigenvalue weighted by molar-refractivity contribution is -0.140. The molecule has 190 valence electrons. The topological polar surface area (TPSA) is 40.6 Å². The summed E-state index contributed by atoms with van der Waals surface area (Å²) in [6.07, 6.45) is 0. The fraction of sp³-hybridized carbons (Fsp3) is 0.714. The van der Waals surface area contributed by atoms with Crippen LogP contribution in [0.2, 0.25) is 0 Å². The summed E-state index contributed by atoms with van der Waals surface area (Å²) in [7, 11) is -0.721. The van der Waals surface area contributed by atoms with Crippen LogP contribution in [0.3, 0.4) is 0 Å². The van der Waals surface area contributed by atoms with Gasteiger partial charge in [-0.25, -0.2) is 0 Å². The van der Waals surface area contributed by atoms with Crippen LogP contribution in [0.15, 0.2) is 24.3 Å². The first kappa shape index (κ1) is 27.6. The predicted molar refractivity (Wildman–Crippen MR) is 149 cm³/mol. The summed E-state index contributed by atoms with van der Waals surface area (Å²) in [4.78, 5) is 30.3. The predicted octanol–water partition coefficient (Wildman–Crippen LogP) is 5.23. The molecule has 34 heavy (non-hydrogen) atoms. The lowest BCUT2D eigenvalue weighted by Gasteiger charge is -2.47. The van der Waals surface area contributed by atoms with Gasteiger partial charge in [0.1, 0.15) is 0 Å². The highest BCUT2D eigenvalue weighted by Gasteiger charge is 2.42. The van der Waals surface area contributed by atoms with Gasteiger partial charge in [0, 0.05) is 37.0 Å². The molecule has 1 aromatic carbocycles. The van der Waals surface area contributed by atoms with Gasteiger partial charge >= 0.3 is 0 Å². The highest BCUT2D eigenvalue weighted by Crippen LogP contribution is 2.54. The molecule has 0 saturated carbocycles. The Morgan fingerprint density at radius 2 is 0.912 bits per heavy atom. The third kappa shape index (κ3) is 5.70. The van der Waals surface area contributed by atoms with Crippen LogP contribution in [-0.4, -0.2) is 70.4 Å². The number of hydrogen-bond acceptors (Lipinski definition) is 2. The standard InChI is InChI=1S/C28H46N2O2P2/c1-19-15-29(25(31)27(5,6)7)16-20(2)33(19)23-13-11-12-14-24(23)34-21(3)17-30(18-22(34)4)26(32)28(8,9)10/h11-14,19-22H,15-18H2,1-10H3/t19-,20-,21-,22-/m1/s1. The summed E-state index contributed by atoms with van der Waals surface area (Å²) in [6, 6.07) is 9.17. The zero-order valence-electron chi connectivity index (χ0n) is 23.1. The van der Waals surface area contributed by atoms with E-state index in [-0.39, 0.29) is 38.5 Å². The molecule has 0 spiro atoms. The number of benzene rings is 1. The van der Waals surface area contributed by atoms with Crippen LogP contribution in [0.1, 0.15) is 69.2 Å². The van der Waals surface area contributed by atoms with E-state index in [1.165, 1.54) is 0 Å². The van der Waals surface area contributed by atoms with E-state index in [9.17, 15) is 9.59 Å². The summed E-state index contributed by atoms with van der Waals surface area (Å²) < 4.78 is 0. The van der Waals surface area contributed by atoms with Crippen LogP contribution in [0, 0.1) is 10.8 Å². The number of carbonyl (C=O) groups is 2. The van der Waals surface area contributed by atoms with Gasteiger partial charge in [0.05, 0.1) is 0 Å². The zero-order valence-corrected chi connectivity index (χ0v) is 24.8. The summed E-state index contributed by atoms with van der Waals surface area (Å²) in [5.41, 5.74) is 1.27. The number of amides is 2. The minimum atomic E-state index is -0.360. The lowest BCUT2D eigenvalue weighted by atomic mass is 9.94. The largest absolute Gasteiger partial charge is 0.341 e. The second kappa shape index (κ2) is 10.2. The Morgan fingerprint density at radius 3 is 1.15 bits per heavy atom. The van der Waals surface area contributed by atoms with Gasteiger partial charge in [0.25, 0.3) is 0 Å². The third-order valence-electron chi connectivity index (χ3n) is 7.13. The van der Waals surface area contributed by atoms with Gasteiger partial charge < -0.3 is 9.80 Å². The normalized spacial score (nSPS) is 27.7. The molecule has 0 bridgehead atoms. The average Bonchev–Trinajstić information content (AvgIpc) is 2.71. The maximum Gasteiger partial charge on any atom is 0.227 e. The van der Waals surface area contributed by atoms with Gasteiger partial charge in [-0.3, -0.25) is 9.59 Å². The molecule has 1 aromatic rings. The number of carbonyl (C=O) groups excluding carboxylic acids is 2. The quantitative estimate of drug-likeness (QED) is 0.518. The smallest absolute Gasteiger partial charge is 0.227 e. The first-order chi connectivity index (χ1) is 15.6. The van der Waals surface area contributed by atoms with Crippen molar-refractivity contribution in [1.29, 1.82) is 0 Å². The summed E-state index contributed by atoms with van der Waals surface area (Å²) in [5.74, 6) is 0.549. The van der Waals surface area contributed by atoms with Crippen LogP contribution < -0.4 is 10.6 Å². The summed E-state index contributed by atoms with van der Waals surface area (Å²) >= 11 is 0. The molecule has 2 heterocycles. The van der Waals surface area contributed by atoms with E-state index in [2.05, 4.69) is 61.8 Å². The molecule has 0 aliphatic carbocycles. The summed E-state index contributed by atoms with van der Waals surface area (Å²) in [6.45, 7) is 25.0. The van der Waals surface area contributed by atoms with Gasteiger partial charge in [-0.1, -0.05) is 109 Å². The summed E-state index contributed by atoms with van der Waals surface area (Å²) in [5, 5.41) is 3.11. The molecule has 4 atom stereocenters. The Balaban J connectivity index is 1.87. The molecule has 6 heteroatoms. The minimum Gasteiger partial charge on any atom is -0.341 e. The molecule has 0 radical (unpaired) electrons. The Bertz CT molecular complexity index is 807. The number of hydrogen-bond donors (Lipinski definition) is 0. The molecule has 3 rings (SSSR count). The third-order valence-corrected chi connectivity index (χ3v) is 13.7. The van der Waals surface area contributed by atoms with E-state index in [1.54, 1.807) is 10.6 Å². The van der Waals surface area contributed by atoms with Gasteiger partial charge in [-0.05, 0) is 33.2 Å². The average molecular weight is 505 g/mol. The van der Waals surface area contributed by atoms with Crippen molar-refractivity contribution in [2.45, 2.75) is 91.9 Å². The highest BCUT2D eigenvalue weighted by molar-refractivity contribution is 7.73. The van der Waals surface area contributed by atoms with Crippen molar-refractivity contribution in [2.75, 3.05) is 26.2 Å². The molecule has 2 aliphatic heterocycles.